The first-order valence-electron chi connectivity index (χ1n) is 6.97. The van der Waals surface area contributed by atoms with E-state index in [-0.39, 0.29) is 12.0 Å². The summed E-state index contributed by atoms with van der Waals surface area (Å²) in [5.74, 6) is 0.880. The van der Waals surface area contributed by atoms with Crippen molar-refractivity contribution in [1.29, 1.82) is 0 Å². The molecule has 0 spiro atoms. The molecular weight excluding hydrogens is 294 g/mol. The first-order valence-corrected chi connectivity index (χ1v) is 7.34. The van der Waals surface area contributed by atoms with Crippen molar-refractivity contribution in [2.24, 2.45) is 0 Å². The third-order valence-electron chi connectivity index (χ3n) is 3.44. The SMILES string of the molecule is COc1cc(NC(=O)CC2CCCCO2)c(OC)cc1Cl. The van der Waals surface area contributed by atoms with Gasteiger partial charge in [0, 0.05) is 18.7 Å². The molecule has 1 aromatic rings. The zero-order chi connectivity index (χ0) is 15.2. The Morgan fingerprint density at radius 1 is 1.33 bits per heavy atom. The predicted octanol–water partition coefficient (Wildman–Crippen LogP) is 3.25. The van der Waals surface area contributed by atoms with Gasteiger partial charge in [0.1, 0.15) is 11.5 Å². The number of benzene rings is 1. The molecule has 1 saturated heterocycles. The first-order chi connectivity index (χ1) is 10.1. The predicted molar refractivity (Wildman–Crippen MR) is 81.4 cm³/mol. The largest absolute Gasteiger partial charge is 0.495 e. The van der Waals surface area contributed by atoms with E-state index in [1.807, 2.05) is 0 Å². The lowest BCUT2D eigenvalue weighted by atomic mass is 10.1. The second-order valence-corrected chi connectivity index (χ2v) is 5.34. The summed E-state index contributed by atoms with van der Waals surface area (Å²) >= 11 is 6.03. The van der Waals surface area contributed by atoms with Crippen LogP contribution >= 0.6 is 11.6 Å². The molecule has 0 saturated carbocycles. The van der Waals surface area contributed by atoms with E-state index >= 15 is 0 Å². The maximum absolute atomic E-state index is 12.1. The Kier molecular flexibility index (Phi) is 5.70. The van der Waals surface area contributed by atoms with Crippen molar-refractivity contribution in [3.8, 4) is 11.5 Å². The van der Waals surface area contributed by atoms with Gasteiger partial charge in [-0.3, -0.25) is 4.79 Å². The van der Waals surface area contributed by atoms with E-state index in [9.17, 15) is 4.79 Å². The second kappa shape index (κ2) is 7.52. The van der Waals surface area contributed by atoms with E-state index in [0.717, 1.165) is 25.9 Å². The summed E-state index contributed by atoms with van der Waals surface area (Å²) in [6.45, 7) is 0.732. The van der Waals surface area contributed by atoms with Gasteiger partial charge in [-0.1, -0.05) is 11.6 Å². The lowest BCUT2D eigenvalue weighted by molar-refractivity contribution is -0.119. The van der Waals surface area contributed by atoms with Crippen LogP contribution in [0.15, 0.2) is 12.1 Å². The van der Waals surface area contributed by atoms with E-state index in [1.165, 1.54) is 14.2 Å². The summed E-state index contributed by atoms with van der Waals surface area (Å²) in [4.78, 5) is 12.1. The molecule has 0 bridgehead atoms. The fourth-order valence-corrected chi connectivity index (χ4v) is 2.57. The van der Waals surface area contributed by atoms with Crippen molar-refractivity contribution in [1.82, 2.24) is 0 Å². The normalized spacial score (nSPS) is 18.1. The number of ether oxygens (including phenoxy) is 3. The number of anilines is 1. The molecule has 1 aliphatic rings. The van der Waals surface area contributed by atoms with Gasteiger partial charge in [0.2, 0.25) is 5.91 Å². The summed E-state index contributed by atoms with van der Waals surface area (Å²) in [7, 11) is 3.05. The number of carbonyl (C=O) groups excluding carboxylic acids is 1. The Balaban J connectivity index is 2.05. The molecule has 1 fully saturated rings. The van der Waals surface area contributed by atoms with Crippen LogP contribution in [0.5, 0.6) is 11.5 Å². The molecule has 0 aliphatic carbocycles. The Hall–Kier alpha value is -1.46. The van der Waals surface area contributed by atoms with Crippen LogP contribution in [0.3, 0.4) is 0 Å². The van der Waals surface area contributed by atoms with Crippen molar-refractivity contribution < 1.29 is 19.0 Å². The van der Waals surface area contributed by atoms with E-state index in [1.54, 1.807) is 12.1 Å². The smallest absolute Gasteiger partial charge is 0.227 e. The quantitative estimate of drug-likeness (QED) is 0.906. The molecule has 1 amide bonds. The molecule has 2 rings (SSSR count). The Labute approximate surface area is 129 Å². The van der Waals surface area contributed by atoms with Gasteiger partial charge in [0.25, 0.3) is 0 Å². The van der Waals surface area contributed by atoms with E-state index in [4.69, 9.17) is 25.8 Å². The van der Waals surface area contributed by atoms with Crippen LogP contribution < -0.4 is 14.8 Å². The minimum Gasteiger partial charge on any atom is -0.495 e. The molecule has 1 atom stereocenters. The standard InChI is InChI=1S/C15H20ClNO4/c1-19-13-9-12(14(20-2)8-11(13)16)17-15(18)7-10-5-3-4-6-21-10/h8-10H,3-7H2,1-2H3,(H,17,18). The molecular formula is C15H20ClNO4. The van der Waals surface area contributed by atoms with Crippen LogP contribution in [0.2, 0.25) is 5.02 Å². The van der Waals surface area contributed by atoms with Gasteiger partial charge in [0.05, 0.1) is 37.5 Å². The molecule has 1 aliphatic heterocycles. The lowest BCUT2D eigenvalue weighted by Crippen LogP contribution is -2.25. The molecule has 116 valence electrons. The first kappa shape index (κ1) is 15.9. The van der Waals surface area contributed by atoms with Crippen LogP contribution in [0.4, 0.5) is 5.69 Å². The Morgan fingerprint density at radius 3 is 2.71 bits per heavy atom. The summed E-state index contributed by atoms with van der Waals surface area (Å²) in [5.41, 5.74) is 0.541. The summed E-state index contributed by atoms with van der Waals surface area (Å²) in [6.07, 6.45) is 3.44. The molecule has 1 N–H and O–H groups in total. The fourth-order valence-electron chi connectivity index (χ4n) is 2.33. The number of carbonyl (C=O) groups is 1. The van der Waals surface area contributed by atoms with Crippen LogP contribution in [-0.2, 0) is 9.53 Å². The molecule has 1 aromatic carbocycles. The molecule has 0 radical (unpaired) electrons. The van der Waals surface area contributed by atoms with Crippen LogP contribution in [0.25, 0.3) is 0 Å². The minimum absolute atomic E-state index is 0.000981. The van der Waals surface area contributed by atoms with Crippen molar-refractivity contribution in [2.75, 3.05) is 26.1 Å². The average Bonchev–Trinajstić information content (AvgIpc) is 2.49. The highest BCUT2D eigenvalue weighted by atomic mass is 35.5. The van der Waals surface area contributed by atoms with Gasteiger partial charge < -0.3 is 19.5 Å². The van der Waals surface area contributed by atoms with Crippen LogP contribution in [0, 0.1) is 0 Å². The van der Waals surface area contributed by atoms with Crippen molar-refractivity contribution in [2.45, 2.75) is 31.8 Å². The van der Waals surface area contributed by atoms with Gasteiger partial charge in [-0.15, -0.1) is 0 Å². The zero-order valence-electron chi connectivity index (χ0n) is 12.3. The number of amides is 1. The summed E-state index contributed by atoms with van der Waals surface area (Å²) < 4.78 is 16.0. The van der Waals surface area contributed by atoms with Crippen LogP contribution in [0.1, 0.15) is 25.7 Å². The molecule has 1 heterocycles. The van der Waals surface area contributed by atoms with Crippen LogP contribution in [-0.4, -0.2) is 32.8 Å². The fraction of sp³-hybridized carbons (Fsp3) is 0.533. The highest BCUT2D eigenvalue weighted by Crippen LogP contribution is 2.36. The van der Waals surface area contributed by atoms with Crippen molar-refractivity contribution in [3.05, 3.63) is 17.2 Å². The number of hydrogen-bond donors (Lipinski definition) is 1. The molecule has 5 nitrogen and oxygen atoms in total. The van der Waals surface area contributed by atoms with Gasteiger partial charge in [-0.05, 0) is 19.3 Å². The maximum Gasteiger partial charge on any atom is 0.227 e. The molecule has 21 heavy (non-hydrogen) atoms. The topological polar surface area (TPSA) is 56.8 Å². The monoisotopic (exact) mass is 313 g/mol. The number of nitrogens with one attached hydrogen (secondary N) is 1. The summed E-state index contributed by atoms with van der Waals surface area (Å²) in [5, 5.41) is 3.26. The van der Waals surface area contributed by atoms with Gasteiger partial charge in [0.15, 0.2) is 0 Å². The van der Waals surface area contributed by atoms with Gasteiger partial charge >= 0.3 is 0 Å². The Morgan fingerprint density at radius 2 is 2.10 bits per heavy atom. The number of rotatable bonds is 5. The zero-order valence-corrected chi connectivity index (χ0v) is 13.0. The van der Waals surface area contributed by atoms with Gasteiger partial charge in [-0.2, -0.15) is 0 Å². The van der Waals surface area contributed by atoms with E-state index in [2.05, 4.69) is 5.32 Å². The number of hydrogen-bond acceptors (Lipinski definition) is 4. The molecule has 6 heteroatoms. The highest BCUT2D eigenvalue weighted by molar-refractivity contribution is 6.32. The number of halogens is 1. The Bertz CT molecular complexity index is 501. The highest BCUT2D eigenvalue weighted by Gasteiger charge is 2.19. The third-order valence-corrected chi connectivity index (χ3v) is 3.73. The molecule has 1 unspecified atom stereocenters. The summed E-state index contributed by atoms with van der Waals surface area (Å²) in [6, 6.07) is 3.27. The second-order valence-electron chi connectivity index (χ2n) is 4.93. The minimum atomic E-state index is -0.107. The van der Waals surface area contributed by atoms with Gasteiger partial charge in [-0.25, -0.2) is 0 Å². The molecule has 0 aromatic heterocycles. The van der Waals surface area contributed by atoms with E-state index in [0.29, 0.717) is 28.6 Å². The average molecular weight is 314 g/mol. The third kappa shape index (κ3) is 4.25. The maximum atomic E-state index is 12.1. The van der Waals surface area contributed by atoms with Crippen molar-refractivity contribution >= 4 is 23.2 Å². The van der Waals surface area contributed by atoms with E-state index < -0.39 is 0 Å². The lowest BCUT2D eigenvalue weighted by Gasteiger charge is -2.22. The van der Waals surface area contributed by atoms with Crippen molar-refractivity contribution in [3.63, 3.8) is 0 Å². The number of methoxy groups -OCH3 is 2.